The molecule has 0 aliphatic carbocycles. The first kappa shape index (κ1) is 14.3. The highest BCUT2D eigenvalue weighted by Gasteiger charge is 2.14. The molecule has 5 nitrogen and oxygen atoms in total. The van der Waals surface area contributed by atoms with E-state index in [4.69, 9.17) is 5.11 Å². The third kappa shape index (κ3) is 3.26. The van der Waals surface area contributed by atoms with Gasteiger partial charge in [0.25, 0.3) is 5.91 Å². The number of nitrogens with one attached hydrogen (secondary N) is 1. The molecule has 0 atom stereocenters. The summed E-state index contributed by atoms with van der Waals surface area (Å²) >= 11 is 1.34. The predicted octanol–water partition coefficient (Wildman–Crippen LogP) is 1.78. The lowest BCUT2D eigenvalue weighted by Crippen LogP contribution is -2.11. The van der Waals surface area contributed by atoms with Crippen molar-refractivity contribution in [3.63, 3.8) is 0 Å². The maximum atomic E-state index is 12.2. The fourth-order valence-electron chi connectivity index (χ4n) is 1.70. The SMILES string of the molecule is Cc1nn(C)cc1NC(=O)c1sccc1C#CCCO. The monoisotopic (exact) mass is 289 g/mol. The van der Waals surface area contributed by atoms with E-state index in [1.807, 2.05) is 12.3 Å². The van der Waals surface area contributed by atoms with Gasteiger partial charge in [-0.2, -0.15) is 5.10 Å². The molecule has 0 bridgehead atoms. The molecule has 0 unspecified atom stereocenters. The number of carbonyl (C=O) groups excluding carboxylic acids is 1. The van der Waals surface area contributed by atoms with Crippen LogP contribution in [0.2, 0.25) is 0 Å². The number of aromatic nitrogens is 2. The Morgan fingerprint density at radius 1 is 1.60 bits per heavy atom. The number of amides is 1. The Labute approximate surface area is 121 Å². The van der Waals surface area contributed by atoms with Gasteiger partial charge in [0.2, 0.25) is 0 Å². The Hall–Kier alpha value is -2.10. The van der Waals surface area contributed by atoms with Gasteiger partial charge in [-0.3, -0.25) is 9.48 Å². The molecular formula is C14H15N3O2S. The molecule has 104 valence electrons. The number of thiophene rings is 1. The van der Waals surface area contributed by atoms with Crippen molar-refractivity contribution in [3.8, 4) is 11.8 Å². The third-order valence-corrected chi connectivity index (χ3v) is 3.51. The van der Waals surface area contributed by atoms with Crippen LogP contribution in [0, 0.1) is 18.8 Å². The van der Waals surface area contributed by atoms with Gasteiger partial charge in [0.05, 0.1) is 18.0 Å². The van der Waals surface area contributed by atoms with E-state index in [2.05, 4.69) is 22.3 Å². The fraction of sp³-hybridized carbons (Fsp3) is 0.286. The van der Waals surface area contributed by atoms with Crippen molar-refractivity contribution in [2.45, 2.75) is 13.3 Å². The number of nitrogens with zero attached hydrogens (tertiary/aromatic N) is 2. The Morgan fingerprint density at radius 2 is 2.40 bits per heavy atom. The lowest BCUT2D eigenvalue weighted by atomic mass is 10.2. The van der Waals surface area contributed by atoms with Crippen LogP contribution < -0.4 is 5.32 Å². The molecule has 2 aromatic rings. The summed E-state index contributed by atoms with van der Waals surface area (Å²) in [5.74, 6) is 5.53. The first-order valence-electron chi connectivity index (χ1n) is 6.10. The lowest BCUT2D eigenvalue weighted by molar-refractivity contribution is 0.103. The summed E-state index contributed by atoms with van der Waals surface area (Å²) in [5, 5.41) is 17.6. The molecule has 0 saturated carbocycles. The van der Waals surface area contributed by atoms with E-state index in [1.165, 1.54) is 11.3 Å². The topological polar surface area (TPSA) is 67.2 Å². The summed E-state index contributed by atoms with van der Waals surface area (Å²) < 4.78 is 1.65. The molecule has 2 rings (SSSR count). The smallest absolute Gasteiger partial charge is 0.267 e. The molecule has 0 aliphatic heterocycles. The summed E-state index contributed by atoms with van der Waals surface area (Å²) in [6.07, 6.45) is 2.16. The molecule has 1 amide bonds. The van der Waals surface area contributed by atoms with Gasteiger partial charge in [0.15, 0.2) is 0 Å². The van der Waals surface area contributed by atoms with Gasteiger partial charge in [0.1, 0.15) is 4.88 Å². The van der Waals surface area contributed by atoms with Gasteiger partial charge in [-0.25, -0.2) is 0 Å². The first-order valence-corrected chi connectivity index (χ1v) is 6.98. The van der Waals surface area contributed by atoms with E-state index in [0.717, 1.165) is 5.69 Å². The second-order valence-electron chi connectivity index (χ2n) is 4.19. The lowest BCUT2D eigenvalue weighted by Gasteiger charge is -2.01. The number of carbonyl (C=O) groups is 1. The number of anilines is 1. The molecule has 0 fully saturated rings. The van der Waals surface area contributed by atoms with Gasteiger partial charge in [-0.15, -0.1) is 11.3 Å². The number of hydrogen-bond donors (Lipinski definition) is 2. The third-order valence-electron chi connectivity index (χ3n) is 2.59. The van der Waals surface area contributed by atoms with Gasteiger partial charge < -0.3 is 10.4 Å². The zero-order chi connectivity index (χ0) is 14.5. The highest BCUT2D eigenvalue weighted by molar-refractivity contribution is 7.12. The van der Waals surface area contributed by atoms with Crippen molar-refractivity contribution in [3.05, 3.63) is 33.8 Å². The van der Waals surface area contributed by atoms with Crippen LogP contribution in [0.25, 0.3) is 0 Å². The molecule has 2 aromatic heterocycles. The predicted molar refractivity (Wildman–Crippen MR) is 78.8 cm³/mol. The van der Waals surface area contributed by atoms with Crippen molar-refractivity contribution in [2.75, 3.05) is 11.9 Å². The summed E-state index contributed by atoms with van der Waals surface area (Å²) in [6, 6.07) is 1.81. The van der Waals surface area contributed by atoms with Crippen molar-refractivity contribution >= 4 is 22.9 Å². The van der Waals surface area contributed by atoms with Crippen LogP contribution in [0.3, 0.4) is 0 Å². The van der Waals surface area contributed by atoms with Crippen molar-refractivity contribution in [2.24, 2.45) is 7.05 Å². The van der Waals surface area contributed by atoms with E-state index in [-0.39, 0.29) is 12.5 Å². The van der Waals surface area contributed by atoms with Crippen LogP contribution in [0.5, 0.6) is 0 Å². The number of aliphatic hydroxyl groups is 1. The number of hydrogen-bond acceptors (Lipinski definition) is 4. The van der Waals surface area contributed by atoms with Crippen molar-refractivity contribution < 1.29 is 9.90 Å². The van der Waals surface area contributed by atoms with E-state index in [0.29, 0.717) is 22.5 Å². The van der Waals surface area contributed by atoms with Gasteiger partial charge in [0, 0.05) is 25.2 Å². The molecule has 0 aromatic carbocycles. The Balaban J connectivity index is 2.16. The van der Waals surface area contributed by atoms with E-state index in [9.17, 15) is 4.79 Å². The molecule has 0 spiro atoms. The molecule has 0 saturated heterocycles. The number of aryl methyl sites for hydroxylation is 2. The highest BCUT2D eigenvalue weighted by Crippen LogP contribution is 2.19. The van der Waals surface area contributed by atoms with Gasteiger partial charge >= 0.3 is 0 Å². The fourth-order valence-corrected chi connectivity index (χ4v) is 2.44. The maximum absolute atomic E-state index is 12.2. The van der Waals surface area contributed by atoms with Crippen molar-refractivity contribution in [1.82, 2.24) is 9.78 Å². The molecule has 6 heteroatoms. The Kier molecular flexibility index (Phi) is 4.56. The van der Waals surface area contributed by atoms with Gasteiger partial charge in [-0.1, -0.05) is 11.8 Å². The van der Waals surface area contributed by atoms with E-state index in [1.54, 1.807) is 24.0 Å². The standard InChI is InChI=1S/C14H15N3O2S/c1-10-12(9-17(2)16-10)15-14(19)13-11(6-8-20-13)5-3-4-7-18/h6,8-9,18H,4,7H2,1-2H3,(H,15,19). The molecule has 20 heavy (non-hydrogen) atoms. The van der Waals surface area contributed by atoms with Crippen molar-refractivity contribution in [1.29, 1.82) is 0 Å². The Morgan fingerprint density at radius 3 is 3.05 bits per heavy atom. The molecule has 0 radical (unpaired) electrons. The molecular weight excluding hydrogens is 274 g/mol. The summed E-state index contributed by atoms with van der Waals surface area (Å²) in [6.45, 7) is 1.86. The second kappa shape index (κ2) is 6.37. The normalized spacial score (nSPS) is 9.95. The summed E-state index contributed by atoms with van der Waals surface area (Å²) in [7, 11) is 1.81. The summed E-state index contributed by atoms with van der Waals surface area (Å²) in [4.78, 5) is 12.8. The van der Waals surface area contributed by atoms with Crippen LogP contribution in [0.15, 0.2) is 17.6 Å². The minimum absolute atomic E-state index is 0.0214. The second-order valence-corrected chi connectivity index (χ2v) is 5.11. The highest BCUT2D eigenvalue weighted by atomic mass is 32.1. The first-order chi connectivity index (χ1) is 9.61. The van der Waals surface area contributed by atoms with E-state index >= 15 is 0 Å². The zero-order valence-electron chi connectivity index (χ0n) is 11.3. The van der Waals surface area contributed by atoms with Crippen LogP contribution in [0.1, 0.15) is 27.3 Å². The minimum atomic E-state index is -0.190. The average molecular weight is 289 g/mol. The zero-order valence-corrected chi connectivity index (χ0v) is 12.1. The molecule has 2 N–H and O–H groups in total. The molecule has 0 aliphatic rings. The minimum Gasteiger partial charge on any atom is -0.395 e. The Bertz CT molecular complexity index is 676. The van der Waals surface area contributed by atoms with E-state index < -0.39 is 0 Å². The average Bonchev–Trinajstić information content (AvgIpc) is 2.97. The van der Waals surface area contributed by atoms with Crippen LogP contribution in [-0.4, -0.2) is 27.4 Å². The quantitative estimate of drug-likeness (QED) is 0.846. The van der Waals surface area contributed by atoms with Crippen LogP contribution in [0.4, 0.5) is 5.69 Å². The number of aliphatic hydroxyl groups excluding tert-OH is 1. The largest absolute Gasteiger partial charge is 0.395 e. The maximum Gasteiger partial charge on any atom is 0.267 e. The summed E-state index contributed by atoms with van der Waals surface area (Å²) in [5.41, 5.74) is 2.15. The molecule has 2 heterocycles. The van der Waals surface area contributed by atoms with Crippen LogP contribution in [-0.2, 0) is 7.05 Å². The van der Waals surface area contributed by atoms with Gasteiger partial charge in [-0.05, 0) is 18.4 Å². The van der Waals surface area contributed by atoms with Crippen LogP contribution >= 0.6 is 11.3 Å². The number of rotatable bonds is 3.